The van der Waals surface area contributed by atoms with Crippen LogP contribution in [0, 0.1) is 6.92 Å². The Bertz CT molecular complexity index is 868. The highest BCUT2D eigenvalue weighted by Crippen LogP contribution is 2.28. The molecule has 5 heteroatoms. The van der Waals surface area contributed by atoms with Crippen molar-refractivity contribution in [3.05, 3.63) is 52.0 Å². The number of benzene rings is 2. The average Bonchev–Trinajstić information content (AvgIpc) is 2.75. The molecule has 1 aromatic heterocycles. The summed E-state index contributed by atoms with van der Waals surface area (Å²) in [6.07, 6.45) is 0. The van der Waals surface area contributed by atoms with Crippen LogP contribution >= 0.6 is 15.9 Å². The lowest BCUT2D eigenvalue weighted by Gasteiger charge is -2.06. The highest BCUT2D eigenvalue weighted by molar-refractivity contribution is 9.10. The maximum atomic E-state index is 11.1. The minimum atomic E-state index is -0.941. The lowest BCUT2D eigenvalue weighted by molar-refractivity contribution is 0.0697. The summed E-state index contributed by atoms with van der Waals surface area (Å²) in [6, 6.07) is 11.0. The van der Waals surface area contributed by atoms with E-state index >= 15 is 0 Å². The molecule has 0 saturated carbocycles. The molecule has 0 radical (unpaired) electrons. The fourth-order valence-electron chi connectivity index (χ4n) is 2.45. The quantitative estimate of drug-likeness (QED) is 0.764. The van der Waals surface area contributed by atoms with E-state index in [1.807, 2.05) is 36.7 Å². The number of hydrogen-bond acceptors (Lipinski definition) is 2. The number of imidazole rings is 1. The predicted molar refractivity (Wildman–Crippen MR) is 85.5 cm³/mol. The molecule has 3 aromatic rings. The Balaban J connectivity index is 2.23. The number of nitrogens with zero attached hydrogens (tertiary/aromatic N) is 2. The summed E-state index contributed by atoms with van der Waals surface area (Å²) in [4.78, 5) is 15.7. The van der Waals surface area contributed by atoms with Gasteiger partial charge in [0.1, 0.15) is 5.82 Å². The maximum absolute atomic E-state index is 11.1. The van der Waals surface area contributed by atoms with Crippen LogP contribution in [0.25, 0.3) is 22.4 Å². The van der Waals surface area contributed by atoms with Crippen LogP contribution in [0.3, 0.4) is 0 Å². The van der Waals surface area contributed by atoms with Crippen molar-refractivity contribution in [3.8, 4) is 11.4 Å². The molecule has 0 fully saturated rings. The molecule has 0 bridgehead atoms. The number of aromatic nitrogens is 2. The molecule has 0 aliphatic heterocycles. The number of rotatable bonds is 2. The van der Waals surface area contributed by atoms with Crippen LogP contribution in [0.1, 0.15) is 15.9 Å². The van der Waals surface area contributed by atoms with Crippen LogP contribution in [0.15, 0.2) is 40.9 Å². The predicted octanol–water partition coefficient (Wildman–Crippen LogP) is 4.01. The van der Waals surface area contributed by atoms with Gasteiger partial charge in [-0.25, -0.2) is 9.78 Å². The molecular weight excluding hydrogens is 332 g/mol. The number of fused-ring (bicyclic) bond motifs is 1. The third kappa shape index (κ3) is 2.34. The van der Waals surface area contributed by atoms with Crippen LogP contribution in [-0.2, 0) is 7.05 Å². The first-order valence-corrected chi connectivity index (χ1v) is 7.23. The number of carbonyl (C=O) groups is 1. The minimum absolute atomic E-state index is 0.250. The second-order valence-corrected chi connectivity index (χ2v) is 5.88. The van der Waals surface area contributed by atoms with E-state index < -0.39 is 5.97 Å². The Labute approximate surface area is 130 Å². The first kappa shape index (κ1) is 13.8. The van der Waals surface area contributed by atoms with Crippen LogP contribution < -0.4 is 0 Å². The maximum Gasteiger partial charge on any atom is 0.335 e. The standard InChI is InChI=1S/C16H13BrN2O2/c1-9-7-11(17)4-5-12(9)15-18-13-8-10(16(20)21)3-6-14(13)19(15)2/h3-8H,1-2H3,(H,20,21). The van der Waals surface area contributed by atoms with Crippen molar-refractivity contribution in [2.45, 2.75) is 6.92 Å². The van der Waals surface area contributed by atoms with Gasteiger partial charge in [0, 0.05) is 17.1 Å². The van der Waals surface area contributed by atoms with Crippen LogP contribution in [0.2, 0.25) is 0 Å². The highest BCUT2D eigenvalue weighted by atomic mass is 79.9. The molecule has 21 heavy (non-hydrogen) atoms. The molecule has 0 unspecified atom stereocenters. The number of aromatic carboxylic acids is 1. The molecule has 4 nitrogen and oxygen atoms in total. The molecule has 0 aliphatic rings. The summed E-state index contributed by atoms with van der Waals surface area (Å²) < 4.78 is 3.01. The lowest BCUT2D eigenvalue weighted by atomic mass is 10.1. The Kier molecular flexibility index (Phi) is 3.29. The molecule has 0 saturated heterocycles. The number of carboxylic acid groups (broad SMARTS) is 1. The van der Waals surface area contributed by atoms with Crippen molar-refractivity contribution >= 4 is 32.9 Å². The number of aryl methyl sites for hydroxylation is 2. The molecular formula is C16H13BrN2O2. The molecule has 0 aliphatic carbocycles. The van der Waals surface area contributed by atoms with Crippen molar-refractivity contribution in [1.29, 1.82) is 0 Å². The molecule has 1 N–H and O–H groups in total. The minimum Gasteiger partial charge on any atom is -0.478 e. The van der Waals surface area contributed by atoms with Gasteiger partial charge in [0.05, 0.1) is 16.6 Å². The Morgan fingerprint density at radius 2 is 2.00 bits per heavy atom. The average molecular weight is 345 g/mol. The van der Waals surface area contributed by atoms with E-state index in [1.54, 1.807) is 18.2 Å². The van der Waals surface area contributed by atoms with Gasteiger partial charge in [0.2, 0.25) is 0 Å². The van der Waals surface area contributed by atoms with Gasteiger partial charge >= 0.3 is 5.97 Å². The van der Waals surface area contributed by atoms with E-state index in [0.29, 0.717) is 5.52 Å². The van der Waals surface area contributed by atoms with E-state index in [-0.39, 0.29) is 5.56 Å². The van der Waals surface area contributed by atoms with E-state index in [2.05, 4.69) is 20.9 Å². The van der Waals surface area contributed by atoms with E-state index in [9.17, 15) is 4.79 Å². The summed E-state index contributed by atoms with van der Waals surface area (Å²) in [5.74, 6) is -0.110. The van der Waals surface area contributed by atoms with Gasteiger partial charge in [-0.2, -0.15) is 0 Å². The fraction of sp³-hybridized carbons (Fsp3) is 0.125. The smallest absolute Gasteiger partial charge is 0.335 e. The molecule has 0 spiro atoms. The van der Waals surface area contributed by atoms with Crippen LogP contribution in [0.4, 0.5) is 0 Å². The van der Waals surface area contributed by atoms with Crippen molar-refractivity contribution < 1.29 is 9.90 Å². The van der Waals surface area contributed by atoms with Crippen molar-refractivity contribution in [2.75, 3.05) is 0 Å². The molecule has 0 atom stereocenters. The summed E-state index contributed by atoms with van der Waals surface area (Å²) in [7, 11) is 1.94. The number of hydrogen-bond donors (Lipinski definition) is 1. The zero-order valence-electron chi connectivity index (χ0n) is 11.6. The van der Waals surface area contributed by atoms with Gasteiger partial charge in [-0.15, -0.1) is 0 Å². The second-order valence-electron chi connectivity index (χ2n) is 4.96. The first-order chi connectivity index (χ1) is 9.97. The van der Waals surface area contributed by atoms with Crippen molar-refractivity contribution in [3.63, 3.8) is 0 Å². The number of halogens is 1. The molecule has 1 heterocycles. The van der Waals surface area contributed by atoms with Crippen molar-refractivity contribution in [2.24, 2.45) is 7.05 Å². The van der Waals surface area contributed by atoms with E-state index in [4.69, 9.17) is 5.11 Å². The Morgan fingerprint density at radius 1 is 1.24 bits per heavy atom. The van der Waals surface area contributed by atoms with Gasteiger partial charge < -0.3 is 9.67 Å². The normalized spacial score (nSPS) is 11.0. The van der Waals surface area contributed by atoms with Gasteiger partial charge in [-0.3, -0.25) is 0 Å². The number of carboxylic acids is 1. The molecule has 2 aromatic carbocycles. The zero-order valence-corrected chi connectivity index (χ0v) is 13.2. The summed E-state index contributed by atoms with van der Waals surface area (Å²) >= 11 is 3.46. The summed E-state index contributed by atoms with van der Waals surface area (Å²) in [5.41, 5.74) is 4.00. The first-order valence-electron chi connectivity index (χ1n) is 6.43. The molecule has 106 valence electrons. The van der Waals surface area contributed by atoms with Crippen LogP contribution in [-0.4, -0.2) is 20.6 Å². The third-order valence-electron chi connectivity index (χ3n) is 3.56. The Hall–Kier alpha value is -2.14. The molecule has 0 amide bonds. The SMILES string of the molecule is Cc1cc(Br)ccc1-c1nc2cc(C(=O)O)ccc2n1C. The second kappa shape index (κ2) is 5.00. The fourth-order valence-corrected chi connectivity index (χ4v) is 2.93. The molecule has 3 rings (SSSR count). The van der Waals surface area contributed by atoms with E-state index in [0.717, 1.165) is 26.9 Å². The van der Waals surface area contributed by atoms with Gasteiger partial charge in [0.25, 0.3) is 0 Å². The third-order valence-corrected chi connectivity index (χ3v) is 4.05. The van der Waals surface area contributed by atoms with Crippen molar-refractivity contribution in [1.82, 2.24) is 9.55 Å². The van der Waals surface area contributed by atoms with Gasteiger partial charge in [0.15, 0.2) is 0 Å². The monoisotopic (exact) mass is 344 g/mol. The Morgan fingerprint density at radius 3 is 2.67 bits per heavy atom. The van der Waals surface area contributed by atoms with E-state index in [1.165, 1.54) is 0 Å². The van der Waals surface area contributed by atoms with Crippen LogP contribution in [0.5, 0.6) is 0 Å². The van der Waals surface area contributed by atoms with Gasteiger partial charge in [-0.05, 0) is 48.9 Å². The summed E-state index contributed by atoms with van der Waals surface area (Å²) in [6.45, 7) is 2.03. The summed E-state index contributed by atoms with van der Waals surface area (Å²) in [5, 5.41) is 9.07. The lowest BCUT2D eigenvalue weighted by Crippen LogP contribution is -1.96. The highest BCUT2D eigenvalue weighted by Gasteiger charge is 2.13. The largest absolute Gasteiger partial charge is 0.478 e. The zero-order chi connectivity index (χ0) is 15.1. The topological polar surface area (TPSA) is 55.1 Å². The van der Waals surface area contributed by atoms with Gasteiger partial charge in [-0.1, -0.05) is 15.9 Å².